The highest BCUT2D eigenvalue weighted by Crippen LogP contribution is 2.05. The summed E-state index contributed by atoms with van der Waals surface area (Å²) >= 11 is 0. The third kappa shape index (κ3) is 10.2. The van der Waals surface area contributed by atoms with E-state index in [-0.39, 0.29) is 6.61 Å². The van der Waals surface area contributed by atoms with Crippen molar-refractivity contribution >= 4 is 16.2 Å². The molecule has 0 atom stereocenters. The van der Waals surface area contributed by atoms with Gasteiger partial charge in [-0.05, 0) is 13.8 Å². The maximum atomic E-state index is 9.45. The summed E-state index contributed by atoms with van der Waals surface area (Å²) in [5.74, 6) is 1.43. The van der Waals surface area contributed by atoms with Gasteiger partial charge in [0.2, 0.25) is 10.4 Å². The highest BCUT2D eigenvalue weighted by Gasteiger charge is 2.27. The van der Waals surface area contributed by atoms with Gasteiger partial charge in [0, 0.05) is 13.1 Å². The van der Waals surface area contributed by atoms with Crippen molar-refractivity contribution < 1.29 is 21.7 Å². The molecule has 0 amide bonds. The number of nitrogens with zero attached hydrogens (tertiary/aromatic N) is 2. The van der Waals surface area contributed by atoms with E-state index in [1.807, 2.05) is 12.2 Å². The average Bonchev–Trinajstić information content (AvgIpc) is 2.86. The second kappa shape index (κ2) is 12.2. The number of rotatable bonds is 10. The lowest BCUT2D eigenvalue weighted by molar-refractivity contribution is -0.517. The van der Waals surface area contributed by atoms with Crippen LogP contribution in [0.5, 0.6) is 0 Å². The van der Waals surface area contributed by atoms with Gasteiger partial charge in [0.05, 0.1) is 26.1 Å². The number of nitrogens with one attached hydrogen (secondary N) is 1. The van der Waals surface area contributed by atoms with Crippen molar-refractivity contribution in [1.82, 2.24) is 10.2 Å². The lowest BCUT2D eigenvalue weighted by Gasteiger charge is -2.09. The Balaban J connectivity index is 0.000000585. The molecule has 1 heterocycles. The molecule has 0 saturated heterocycles. The summed E-state index contributed by atoms with van der Waals surface area (Å²) in [6.07, 6.45) is 4.87. The summed E-state index contributed by atoms with van der Waals surface area (Å²) in [6.45, 7) is 17.5. The highest BCUT2D eigenvalue weighted by molar-refractivity contribution is 7.80. The summed E-state index contributed by atoms with van der Waals surface area (Å²) in [5.41, 5.74) is 0. The Morgan fingerprint density at radius 2 is 2.09 bits per heavy atom. The molecule has 0 radical (unpaired) electrons. The largest absolute Gasteiger partial charge is 0.726 e. The Morgan fingerprint density at radius 1 is 1.39 bits per heavy atom. The molecule has 1 aliphatic heterocycles. The molecule has 1 N–H and O–H groups in total. The van der Waals surface area contributed by atoms with Gasteiger partial charge in [-0.3, -0.25) is 13.7 Å². The van der Waals surface area contributed by atoms with Crippen molar-refractivity contribution in [2.75, 3.05) is 45.9 Å². The van der Waals surface area contributed by atoms with Gasteiger partial charge in [-0.1, -0.05) is 12.2 Å². The molecule has 0 aromatic carbocycles. The first-order chi connectivity index (χ1) is 10.9. The normalized spacial score (nSPS) is 14.5. The second-order valence-corrected chi connectivity index (χ2v) is 5.84. The molecular weight excluding hydrogens is 318 g/mol. The molecule has 7 nitrogen and oxygen atoms in total. The van der Waals surface area contributed by atoms with E-state index in [1.165, 1.54) is 12.8 Å². The van der Waals surface area contributed by atoms with Crippen LogP contribution in [0.25, 0.3) is 0 Å². The second-order valence-electron chi connectivity index (χ2n) is 4.78. The first kappa shape index (κ1) is 21.8. The monoisotopic (exact) mass is 347 g/mol. The van der Waals surface area contributed by atoms with Crippen LogP contribution in [0.2, 0.25) is 0 Å². The smallest absolute Gasteiger partial charge is 0.250 e. The molecule has 134 valence electrons. The average molecular weight is 347 g/mol. The summed E-state index contributed by atoms with van der Waals surface area (Å²) in [7, 11) is -4.42. The van der Waals surface area contributed by atoms with Crippen LogP contribution in [0, 0.1) is 0 Å². The summed E-state index contributed by atoms with van der Waals surface area (Å²) < 4.78 is 34.5. The molecule has 0 bridgehead atoms. The van der Waals surface area contributed by atoms with E-state index in [2.05, 4.69) is 39.1 Å². The zero-order chi connectivity index (χ0) is 17.7. The zero-order valence-corrected chi connectivity index (χ0v) is 15.0. The predicted molar refractivity (Wildman–Crippen MR) is 91.5 cm³/mol. The van der Waals surface area contributed by atoms with Crippen LogP contribution < -0.4 is 5.32 Å². The highest BCUT2D eigenvalue weighted by atomic mass is 32.3. The van der Waals surface area contributed by atoms with E-state index in [1.54, 1.807) is 0 Å². The molecule has 0 saturated carbocycles. The Kier molecular flexibility index (Phi) is 11.6. The van der Waals surface area contributed by atoms with Gasteiger partial charge in [-0.15, -0.1) is 13.2 Å². The first-order valence-electron chi connectivity index (χ1n) is 7.78. The number of likely N-dealkylation sites (N-methyl/N-ethyl adjacent to an activating group) is 1. The minimum atomic E-state index is -4.42. The molecular formula is C15H29N3O4S. The fourth-order valence-corrected chi connectivity index (χ4v) is 2.52. The van der Waals surface area contributed by atoms with E-state index in [0.29, 0.717) is 0 Å². The van der Waals surface area contributed by atoms with E-state index in [0.717, 1.165) is 45.7 Å². The molecule has 1 rings (SSSR count). The number of hydrogen-bond donors (Lipinski definition) is 1. The minimum Gasteiger partial charge on any atom is -0.726 e. The minimum absolute atomic E-state index is 0.0914. The third-order valence-electron chi connectivity index (χ3n) is 3.19. The molecule has 0 fully saturated rings. The number of amidine groups is 1. The van der Waals surface area contributed by atoms with Crippen molar-refractivity contribution in [3.05, 3.63) is 25.3 Å². The van der Waals surface area contributed by atoms with E-state index >= 15 is 0 Å². The maximum absolute atomic E-state index is 9.45. The summed E-state index contributed by atoms with van der Waals surface area (Å²) in [5, 5.41) is 3.34. The summed E-state index contributed by atoms with van der Waals surface area (Å²) in [6, 6.07) is 0. The van der Waals surface area contributed by atoms with Crippen LogP contribution in [0.15, 0.2) is 25.3 Å². The van der Waals surface area contributed by atoms with E-state index in [4.69, 9.17) is 0 Å². The van der Waals surface area contributed by atoms with Crippen LogP contribution in [-0.4, -0.2) is 74.2 Å². The molecule has 8 heteroatoms. The molecule has 0 aromatic heterocycles. The molecule has 0 unspecified atom stereocenters. The molecule has 0 aliphatic carbocycles. The Bertz CT molecular complexity index is 489. The van der Waals surface area contributed by atoms with Crippen molar-refractivity contribution in [3.63, 3.8) is 0 Å². The van der Waals surface area contributed by atoms with Crippen LogP contribution in [0.3, 0.4) is 0 Å². The number of hydrogen-bond acceptors (Lipinski definition) is 6. The van der Waals surface area contributed by atoms with Gasteiger partial charge in [-0.25, -0.2) is 8.42 Å². The van der Waals surface area contributed by atoms with Gasteiger partial charge < -0.3 is 9.87 Å². The van der Waals surface area contributed by atoms with E-state index < -0.39 is 10.4 Å². The van der Waals surface area contributed by atoms with Crippen molar-refractivity contribution in [3.8, 4) is 0 Å². The Morgan fingerprint density at radius 3 is 2.52 bits per heavy atom. The third-order valence-corrected chi connectivity index (χ3v) is 3.71. The molecule has 1 aliphatic rings. The van der Waals surface area contributed by atoms with Gasteiger partial charge in [0.15, 0.2) is 0 Å². The van der Waals surface area contributed by atoms with Crippen LogP contribution >= 0.6 is 0 Å². The Labute approximate surface area is 140 Å². The quantitative estimate of drug-likeness (QED) is 0.204. The van der Waals surface area contributed by atoms with Gasteiger partial charge >= 0.3 is 0 Å². The van der Waals surface area contributed by atoms with Gasteiger partial charge in [0.25, 0.3) is 5.84 Å². The van der Waals surface area contributed by atoms with Gasteiger partial charge in [-0.2, -0.15) is 0 Å². The topological polar surface area (TPSA) is 84.7 Å². The lowest BCUT2D eigenvalue weighted by Crippen LogP contribution is -2.31. The van der Waals surface area contributed by atoms with Crippen molar-refractivity contribution in [2.24, 2.45) is 0 Å². The standard InChI is InChI=1S/C13H24N3.C2H6O4S/c1-4-7-13-15(6-3)11-12-16(13)10-9-14-8-5-2;1-2-6-7(3,4)5/h4-5,14H,1-2,6-12H2,3H3;2H2,1H3,(H,3,4,5)/q+1;/p-1. The van der Waals surface area contributed by atoms with Crippen LogP contribution in [-0.2, 0) is 14.6 Å². The summed E-state index contributed by atoms with van der Waals surface area (Å²) in [4.78, 5) is 2.44. The molecule has 0 aromatic rings. The molecule has 23 heavy (non-hydrogen) atoms. The van der Waals surface area contributed by atoms with Crippen molar-refractivity contribution in [1.29, 1.82) is 0 Å². The van der Waals surface area contributed by atoms with Crippen molar-refractivity contribution in [2.45, 2.75) is 20.3 Å². The molecule has 0 spiro atoms. The van der Waals surface area contributed by atoms with Gasteiger partial charge in [0.1, 0.15) is 13.1 Å². The Hall–Kier alpha value is -1.22. The maximum Gasteiger partial charge on any atom is 0.250 e. The first-order valence-corrected chi connectivity index (χ1v) is 9.11. The van der Waals surface area contributed by atoms with Crippen LogP contribution in [0.1, 0.15) is 20.3 Å². The SMILES string of the molecule is C=CCNCC[N+]1=C(CC=C)N(CC)CC1.CCOS(=O)(=O)[O-]. The van der Waals surface area contributed by atoms with Crippen LogP contribution in [0.4, 0.5) is 0 Å². The fraction of sp³-hybridized carbons (Fsp3) is 0.667. The van der Waals surface area contributed by atoms with E-state index in [9.17, 15) is 13.0 Å². The zero-order valence-electron chi connectivity index (χ0n) is 14.2. The predicted octanol–water partition coefficient (Wildman–Crippen LogP) is 0.568. The fourth-order valence-electron chi connectivity index (χ4n) is 2.23. The lowest BCUT2D eigenvalue weighted by atomic mass is 10.3.